The van der Waals surface area contributed by atoms with Gasteiger partial charge >= 0.3 is 0 Å². The number of hydrogen-bond acceptors (Lipinski definition) is 1. The van der Waals surface area contributed by atoms with Crippen molar-refractivity contribution in [3.8, 4) is 11.3 Å². The maximum atomic E-state index is 6.21. The second-order valence-corrected chi connectivity index (χ2v) is 6.46. The second kappa shape index (κ2) is 6.69. The lowest BCUT2D eigenvalue weighted by Crippen LogP contribution is -1.80. The van der Waals surface area contributed by atoms with Crippen molar-refractivity contribution in [2.75, 3.05) is 0 Å². The van der Waals surface area contributed by atoms with Crippen LogP contribution in [0, 0.1) is 0 Å². The zero-order valence-electron chi connectivity index (χ0n) is 11.4. The van der Waals surface area contributed by atoms with Crippen LogP contribution in [0.1, 0.15) is 5.56 Å². The quantitative estimate of drug-likeness (QED) is 0.514. The minimum Gasteiger partial charge on any atom is -0.312 e. The van der Waals surface area contributed by atoms with Gasteiger partial charge in [0, 0.05) is 27.5 Å². The average Bonchev–Trinajstić information content (AvgIpc) is 2.94. The molecule has 3 rings (SSSR count). The average molecular weight is 394 g/mol. The van der Waals surface area contributed by atoms with Gasteiger partial charge in [-0.05, 0) is 42.0 Å². The molecule has 0 N–H and O–H groups in total. The Hall–Kier alpha value is -1.55. The van der Waals surface area contributed by atoms with E-state index in [2.05, 4.69) is 20.9 Å². The molecule has 0 aliphatic carbocycles. The summed E-state index contributed by atoms with van der Waals surface area (Å²) in [5.74, 6) is 0. The lowest BCUT2D eigenvalue weighted by Gasteiger charge is -2.00. The summed E-state index contributed by atoms with van der Waals surface area (Å²) in [6.07, 6.45) is 7.63. The molecule has 5 heteroatoms. The third kappa shape index (κ3) is 3.61. The molecular weight excluding hydrogens is 383 g/mol. The molecule has 0 bridgehead atoms. The van der Waals surface area contributed by atoms with Crippen molar-refractivity contribution in [1.29, 1.82) is 0 Å². The lowest BCUT2D eigenvalue weighted by atomic mass is 10.2. The molecule has 0 atom stereocenters. The molecular formula is C17H11BrCl2N2. The molecule has 0 saturated heterocycles. The third-order valence-electron chi connectivity index (χ3n) is 3.10. The van der Waals surface area contributed by atoms with Gasteiger partial charge in [0.15, 0.2) is 0 Å². The summed E-state index contributed by atoms with van der Waals surface area (Å²) >= 11 is 15.6. The van der Waals surface area contributed by atoms with E-state index in [1.54, 1.807) is 18.5 Å². The van der Waals surface area contributed by atoms with Crippen LogP contribution in [-0.2, 0) is 0 Å². The summed E-state index contributed by atoms with van der Waals surface area (Å²) in [6, 6.07) is 13.5. The van der Waals surface area contributed by atoms with Gasteiger partial charge in [-0.25, -0.2) is 4.98 Å². The molecule has 1 heterocycles. The number of benzene rings is 2. The Balaban J connectivity index is 1.85. The summed E-state index contributed by atoms with van der Waals surface area (Å²) in [5.41, 5.74) is 2.77. The van der Waals surface area contributed by atoms with E-state index in [1.165, 1.54) is 0 Å². The fourth-order valence-electron chi connectivity index (χ4n) is 2.04. The van der Waals surface area contributed by atoms with Gasteiger partial charge < -0.3 is 4.57 Å². The molecule has 0 unspecified atom stereocenters. The number of imidazole rings is 1. The molecule has 3 aromatic rings. The number of aromatic nitrogens is 2. The van der Waals surface area contributed by atoms with Crippen LogP contribution in [0.25, 0.3) is 23.5 Å². The molecule has 1 aromatic heterocycles. The van der Waals surface area contributed by atoms with E-state index in [0.29, 0.717) is 10.0 Å². The fourth-order valence-corrected chi connectivity index (χ4v) is 2.96. The number of hydrogen-bond donors (Lipinski definition) is 0. The van der Waals surface area contributed by atoms with E-state index in [-0.39, 0.29) is 0 Å². The highest BCUT2D eigenvalue weighted by Gasteiger charge is 2.06. The summed E-state index contributed by atoms with van der Waals surface area (Å²) in [7, 11) is 0. The SMILES string of the molecule is Clc1ccc(-c2cn(/C=C/c3cccc(Br)c3)cn2)c(Cl)c1. The van der Waals surface area contributed by atoms with Gasteiger partial charge in [-0.1, -0.05) is 51.3 Å². The van der Waals surface area contributed by atoms with E-state index < -0.39 is 0 Å². The maximum Gasteiger partial charge on any atom is 0.0994 e. The Kier molecular flexibility index (Phi) is 4.67. The predicted octanol–water partition coefficient (Wildman–Crippen LogP) is 6.25. The van der Waals surface area contributed by atoms with Crippen LogP contribution in [0.2, 0.25) is 10.0 Å². The molecule has 2 aromatic carbocycles. The first-order valence-electron chi connectivity index (χ1n) is 6.54. The highest BCUT2D eigenvalue weighted by atomic mass is 79.9. The van der Waals surface area contributed by atoms with Crippen LogP contribution in [0.3, 0.4) is 0 Å². The molecule has 0 spiro atoms. The number of nitrogens with zero attached hydrogens (tertiary/aromatic N) is 2. The Bertz CT molecular complexity index is 840. The van der Waals surface area contributed by atoms with E-state index in [9.17, 15) is 0 Å². The number of halogens is 3. The lowest BCUT2D eigenvalue weighted by molar-refractivity contribution is 1.14. The molecule has 0 amide bonds. The number of rotatable bonds is 3. The van der Waals surface area contributed by atoms with Crippen molar-refractivity contribution in [1.82, 2.24) is 9.55 Å². The van der Waals surface area contributed by atoms with E-state index in [1.807, 2.05) is 53.4 Å². The monoisotopic (exact) mass is 392 g/mol. The van der Waals surface area contributed by atoms with Crippen molar-refractivity contribution >= 4 is 51.4 Å². The van der Waals surface area contributed by atoms with Crippen molar-refractivity contribution in [3.05, 3.63) is 75.1 Å². The smallest absolute Gasteiger partial charge is 0.0994 e. The van der Waals surface area contributed by atoms with Crippen molar-refractivity contribution < 1.29 is 0 Å². The second-order valence-electron chi connectivity index (χ2n) is 4.70. The first kappa shape index (κ1) is 15.3. The normalized spacial score (nSPS) is 11.2. The zero-order chi connectivity index (χ0) is 15.5. The van der Waals surface area contributed by atoms with Crippen molar-refractivity contribution in [2.24, 2.45) is 0 Å². The highest BCUT2D eigenvalue weighted by Crippen LogP contribution is 2.29. The molecule has 0 saturated carbocycles. The molecule has 0 aliphatic heterocycles. The van der Waals surface area contributed by atoms with Crippen LogP contribution in [0.5, 0.6) is 0 Å². The Morgan fingerprint density at radius 2 is 1.95 bits per heavy atom. The molecule has 0 fully saturated rings. The topological polar surface area (TPSA) is 17.8 Å². The Morgan fingerprint density at radius 1 is 1.09 bits per heavy atom. The van der Waals surface area contributed by atoms with E-state index in [4.69, 9.17) is 23.2 Å². The van der Waals surface area contributed by atoms with Gasteiger partial charge in [0.25, 0.3) is 0 Å². The minimum atomic E-state index is 0.591. The van der Waals surface area contributed by atoms with Crippen molar-refractivity contribution in [2.45, 2.75) is 0 Å². The largest absolute Gasteiger partial charge is 0.312 e. The zero-order valence-corrected chi connectivity index (χ0v) is 14.5. The molecule has 110 valence electrons. The van der Waals surface area contributed by atoms with Crippen LogP contribution in [0.4, 0.5) is 0 Å². The van der Waals surface area contributed by atoms with Gasteiger partial charge in [-0.15, -0.1) is 0 Å². The van der Waals surface area contributed by atoms with Gasteiger partial charge in [0.1, 0.15) is 0 Å². The summed E-state index contributed by atoms with van der Waals surface area (Å²) in [6.45, 7) is 0. The van der Waals surface area contributed by atoms with Crippen molar-refractivity contribution in [3.63, 3.8) is 0 Å². The van der Waals surface area contributed by atoms with Crippen LogP contribution >= 0.6 is 39.1 Å². The Labute approximate surface area is 147 Å². The fraction of sp³-hybridized carbons (Fsp3) is 0. The maximum absolute atomic E-state index is 6.21. The first-order chi connectivity index (χ1) is 10.6. The van der Waals surface area contributed by atoms with Crippen LogP contribution in [0.15, 0.2) is 59.5 Å². The van der Waals surface area contributed by atoms with E-state index >= 15 is 0 Å². The first-order valence-corrected chi connectivity index (χ1v) is 8.09. The van der Waals surface area contributed by atoms with Gasteiger partial charge in [-0.3, -0.25) is 0 Å². The molecule has 2 nitrogen and oxygen atoms in total. The minimum absolute atomic E-state index is 0.591. The highest BCUT2D eigenvalue weighted by molar-refractivity contribution is 9.10. The summed E-state index contributed by atoms with van der Waals surface area (Å²) in [4.78, 5) is 4.38. The van der Waals surface area contributed by atoms with E-state index in [0.717, 1.165) is 21.3 Å². The van der Waals surface area contributed by atoms with Gasteiger partial charge in [0.2, 0.25) is 0 Å². The summed E-state index contributed by atoms with van der Waals surface area (Å²) < 4.78 is 2.94. The summed E-state index contributed by atoms with van der Waals surface area (Å²) in [5, 5.41) is 1.21. The predicted molar refractivity (Wildman–Crippen MR) is 97.0 cm³/mol. The van der Waals surface area contributed by atoms with Crippen LogP contribution < -0.4 is 0 Å². The van der Waals surface area contributed by atoms with Gasteiger partial charge in [-0.2, -0.15) is 0 Å². The van der Waals surface area contributed by atoms with Crippen LogP contribution in [-0.4, -0.2) is 9.55 Å². The third-order valence-corrected chi connectivity index (χ3v) is 4.14. The molecule has 0 radical (unpaired) electrons. The molecule has 0 aliphatic rings. The standard InChI is InChI=1S/C17H11BrCl2N2/c18-13-3-1-2-12(8-13)6-7-22-10-17(21-11-22)15-5-4-14(19)9-16(15)20/h1-11H/b7-6+. The van der Waals surface area contributed by atoms with Gasteiger partial charge in [0.05, 0.1) is 17.0 Å². The molecule has 22 heavy (non-hydrogen) atoms. The Morgan fingerprint density at radius 3 is 2.73 bits per heavy atom.